The zero-order valence-corrected chi connectivity index (χ0v) is 8.46. The van der Waals surface area contributed by atoms with Crippen molar-refractivity contribution in [3.8, 4) is 0 Å². The Labute approximate surface area is 86.5 Å². The molecule has 0 spiro atoms. The van der Waals surface area contributed by atoms with Gasteiger partial charge in [-0.15, -0.1) is 4.68 Å². The fourth-order valence-corrected chi connectivity index (χ4v) is 1.69. The number of carboxylic acid groups (broad SMARTS) is 1. The van der Waals surface area contributed by atoms with Gasteiger partial charge in [-0.3, -0.25) is 0 Å². The quantitative estimate of drug-likeness (QED) is 0.747. The molecule has 2 aromatic heterocycles. The normalized spacial score (nSPS) is 10.5. The summed E-state index contributed by atoms with van der Waals surface area (Å²) in [5.74, 6) is 0. The van der Waals surface area contributed by atoms with Crippen LogP contribution in [0.3, 0.4) is 0 Å². The molecule has 2 rings (SSSR count). The van der Waals surface area contributed by atoms with Crippen molar-refractivity contribution in [2.75, 3.05) is 0 Å². The smallest absolute Gasteiger partial charge is 0.434 e. The summed E-state index contributed by atoms with van der Waals surface area (Å²) in [5.41, 5.74) is 0.374. The highest BCUT2D eigenvalue weighted by Crippen LogP contribution is 2.17. The molecule has 2 heterocycles. The highest BCUT2D eigenvalue weighted by molar-refractivity contribution is 14.1. The summed E-state index contributed by atoms with van der Waals surface area (Å²) in [6.07, 6.45) is 0.422. The van der Waals surface area contributed by atoms with E-state index in [-0.39, 0.29) is 0 Å². The maximum atomic E-state index is 10.7. The number of pyridine rings is 1. The van der Waals surface area contributed by atoms with Gasteiger partial charge in [0.15, 0.2) is 5.65 Å². The van der Waals surface area contributed by atoms with Crippen molar-refractivity contribution in [2.24, 2.45) is 0 Å². The lowest BCUT2D eigenvalue weighted by Gasteiger charge is -1.91. The van der Waals surface area contributed by atoms with Crippen molar-refractivity contribution in [1.29, 1.82) is 0 Å². The topological polar surface area (TPSA) is 68.0 Å². The molecule has 0 atom stereocenters. The third kappa shape index (κ3) is 1.26. The van der Waals surface area contributed by atoms with Gasteiger partial charge in [0.2, 0.25) is 0 Å². The number of hydrogen-bond donors (Lipinski definition) is 1. The molecule has 0 saturated heterocycles. The average molecular weight is 289 g/mol. The van der Waals surface area contributed by atoms with Gasteiger partial charge < -0.3 is 5.11 Å². The Morgan fingerprint density at radius 2 is 2.38 bits per heavy atom. The fraction of sp³-hybridized carbons (Fsp3) is 0. The van der Waals surface area contributed by atoms with Crippen LogP contribution >= 0.6 is 22.6 Å². The largest absolute Gasteiger partial charge is 0.463 e. The van der Waals surface area contributed by atoms with E-state index in [1.165, 1.54) is 0 Å². The van der Waals surface area contributed by atoms with E-state index in [9.17, 15) is 4.79 Å². The van der Waals surface area contributed by atoms with Crippen LogP contribution < -0.4 is 0 Å². The lowest BCUT2D eigenvalue weighted by Crippen LogP contribution is -2.10. The molecule has 0 bridgehead atoms. The van der Waals surface area contributed by atoms with E-state index < -0.39 is 6.09 Å². The SMILES string of the molecule is O=C(O)n1nc(I)c2cccnc21. The Morgan fingerprint density at radius 1 is 1.62 bits per heavy atom. The minimum Gasteiger partial charge on any atom is -0.463 e. The van der Waals surface area contributed by atoms with Crippen molar-refractivity contribution >= 4 is 39.7 Å². The highest BCUT2D eigenvalue weighted by Gasteiger charge is 2.12. The van der Waals surface area contributed by atoms with Gasteiger partial charge in [-0.05, 0) is 34.7 Å². The fourth-order valence-electron chi connectivity index (χ4n) is 1.05. The molecule has 0 aliphatic heterocycles. The van der Waals surface area contributed by atoms with E-state index in [1.807, 2.05) is 22.6 Å². The second kappa shape index (κ2) is 2.95. The predicted octanol–water partition coefficient (Wildman–Crippen LogP) is 1.56. The van der Waals surface area contributed by atoms with Gasteiger partial charge in [-0.2, -0.15) is 5.10 Å². The lowest BCUT2D eigenvalue weighted by atomic mass is 10.4. The third-order valence-corrected chi connectivity index (χ3v) is 2.38. The number of hydrogen-bond acceptors (Lipinski definition) is 3. The molecule has 5 nitrogen and oxygen atoms in total. The average Bonchev–Trinajstić information content (AvgIpc) is 2.45. The molecule has 66 valence electrons. The Hall–Kier alpha value is -1.18. The maximum absolute atomic E-state index is 10.7. The second-order valence-electron chi connectivity index (χ2n) is 2.36. The number of carbonyl (C=O) groups is 1. The van der Waals surface area contributed by atoms with Crippen LogP contribution in [0.5, 0.6) is 0 Å². The monoisotopic (exact) mass is 289 g/mol. The summed E-state index contributed by atoms with van der Waals surface area (Å²) in [5, 5.41) is 13.3. The zero-order chi connectivity index (χ0) is 9.42. The lowest BCUT2D eigenvalue weighted by molar-refractivity contribution is 0.193. The molecule has 0 aliphatic rings. The van der Waals surface area contributed by atoms with Gasteiger partial charge in [-0.25, -0.2) is 9.78 Å². The van der Waals surface area contributed by atoms with Gasteiger partial charge in [0.1, 0.15) is 3.70 Å². The summed E-state index contributed by atoms with van der Waals surface area (Å²) in [7, 11) is 0. The second-order valence-corrected chi connectivity index (χ2v) is 3.38. The van der Waals surface area contributed by atoms with Gasteiger partial charge in [-0.1, -0.05) is 0 Å². The summed E-state index contributed by atoms with van der Waals surface area (Å²) in [6.45, 7) is 0. The number of fused-ring (bicyclic) bond motifs is 1. The van der Waals surface area contributed by atoms with Gasteiger partial charge in [0.25, 0.3) is 0 Å². The van der Waals surface area contributed by atoms with E-state index in [1.54, 1.807) is 18.3 Å². The Kier molecular flexibility index (Phi) is 1.91. The Bertz CT molecular complexity index is 480. The first-order chi connectivity index (χ1) is 6.20. The predicted molar refractivity (Wildman–Crippen MR) is 53.7 cm³/mol. The van der Waals surface area contributed by atoms with Crippen LogP contribution in [0.2, 0.25) is 0 Å². The van der Waals surface area contributed by atoms with E-state index in [4.69, 9.17) is 5.11 Å². The van der Waals surface area contributed by atoms with Crippen molar-refractivity contribution in [2.45, 2.75) is 0 Å². The van der Waals surface area contributed by atoms with Crippen LogP contribution in [0, 0.1) is 3.70 Å². The van der Waals surface area contributed by atoms with Crippen LogP contribution in [0.1, 0.15) is 0 Å². The molecular formula is C7H4IN3O2. The van der Waals surface area contributed by atoms with Crippen molar-refractivity contribution in [1.82, 2.24) is 14.8 Å². The minimum absolute atomic E-state index is 0.374. The third-order valence-electron chi connectivity index (χ3n) is 1.58. The van der Waals surface area contributed by atoms with Crippen molar-refractivity contribution in [3.63, 3.8) is 0 Å². The molecule has 1 N–H and O–H groups in total. The molecule has 0 amide bonds. The highest BCUT2D eigenvalue weighted by atomic mass is 127. The number of aromatic nitrogens is 3. The van der Waals surface area contributed by atoms with E-state index in [0.717, 1.165) is 10.1 Å². The first-order valence-electron chi connectivity index (χ1n) is 3.42. The minimum atomic E-state index is -1.12. The molecule has 0 radical (unpaired) electrons. The standard InChI is InChI=1S/C7H4IN3O2/c8-5-4-2-1-3-9-6(4)11(10-5)7(12)13/h1-3H,(H,12,13). The van der Waals surface area contributed by atoms with Crippen LogP contribution in [0.4, 0.5) is 4.79 Å². The van der Waals surface area contributed by atoms with E-state index in [2.05, 4.69) is 10.1 Å². The van der Waals surface area contributed by atoms with Gasteiger partial charge in [0, 0.05) is 6.20 Å². The molecule has 2 aromatic rings. The van der Waals surface area contributed by atoms with Crippen LogP contribution in [0.25, 0.3) is 11.0 Å². The number of halogens is 1. The number of nitrogens with zero attached hydrogens (tertiary/aromatic N) is 3. The van der Waals surface area contributed by atoms with Crippen LogP contribution in [0.15, 0.2) is 18.3 Å². The van der Waals surface area contributed by atoms with E-state index in [0.29, 0.717) is 9.35 Å². The Morgan fingerprint density at radius 3 is 3.08 bits per heavy atom. The summed E-state index contributed by atoms with van der Waals surface area (Å²) < 4.78 is 1.51. The van der Waals surface area contributed by atoms with Crippen LogP contribution in [-0.2, 0) is 0 Å². The Balaban J connectivity index is 2.85. The summed E-state index contributed by atoms with van der Waals surface area (Å²) in [6, 6.07) is 3.54. The molecule has 0 aliphatic carbocycles. The molecule has 0 unspecified atom stereocenters. The molecule has 6 heteroatoms. The molecular weight excluding hydrogens is 285 g/mol. The summed E-state index contributed by atoms with van der Waals surface area (Å²) in [4.78, 5) is 14.6. The van der Waals surface area contributed by atoms with Crippen LogP contribution in [-0.4, -0.2) is 26.0 Å². The molecule has 0 fully saturated rings. The maximum Gasteiger partial charge on any atom is 0.434 e. The zero-order valence-electron chi connectivity index (χ0n) is 6.31. The molecule has 13 heavy (non-hydrogen) atoms. The van der Waals surface area contributed by atoms with Gasteiger partial charge >= 0.3 is 6.09 Å². The molecule has 0 saturated carbocycles. The molecule has 0 aromatic carbocycles. The van der Waals surface area contributed by atoms with Crippen molar-refractivity contribution < 1.29 is 9.90 Å². The van der Waals surface area contributed by atoms with E-state index >= 15 is 0 Å². The van der Waals surface area contributed by atoms with Crippen molar-refractivity contribution in [3.05, 3.63) is 22.0 Å². The first-order valence-corrected chi connectivity index (χ1v) is 4.50. The first kappa shape index (κ1) is 8.42. The number of rotatable bonds is 0. The summed E-state index contributed by atoms with van der Waals surface area (Å²) >= 11 is 1.98. The van der Waals surface area contributed by atoms with Gasteiger partial charge in [0.05, 0.1) is 5.39 Å².